The maximum absolute atomic E-state index is 11.5. The second-order valence-corrected chi connectivity index (χ2v) is 3.36. The molecule has 1 aliphatic rings. The monoisotopic (exact) mass is 211 g/mol. The van der Waals surface area contributed by atoms with Crippen molar-refractivity contribution in [1.29, 1.82) is 0 Å². The Morgan fingerprint density at radius 1 is 1.73 bits per heavy atom. The van der Waals surface area contributed by atoms with Gasteiger partial charge in [-0.25, -0.2) is 4.98 Å². The molecule has 1 unspecified atom stereocenters. The minimum Gasteiger partial charge on any atom is -0.394 e. The fraction of sp³-hybridized carbons (Fsp3) is 0.556. The minimum absolute atomic E-state index is 0.0404. The van der Waals surface area contributed by atoms with Crippen molar-refractivity contribution >= 4 is 5.82 Å². The van der Waals surface area contributed by atoms with E-state index in [0.29, 0.717) is 25.5 Å². The van der Waals surface area contributed by atoms with Crippen LogP contribution in [0.2, 0.25) is 0 Å². The molecule has 1 aliphatic heterocycles. The van der Waals surface area contributed by atoms with Gasteiger partial charge in [0.25, 0.3) is 5.56 Å². The van der Waals surface area contributed by atoms with Crippen molar-refractivity contribution in [2.24, 2.45) is 0 Å². The molecule has 6 nitrogen and oxygen atoms in total. The molecule has 0 amide bonds. The first kappa shape index (κ1) is 10.1. The number of aliphatic hydroxyl groups is 1. The van der Waals surface area contributed by atoms with Gasteiger partial charge in [-0.2, -0.15) is 0 Å². The van der Waals surface area contributed by atoms with Crippen molar-refractivity contribution in [3.05, 3.63) is 22.7 Å². The number of ether oxygens (including phenoxy) is 1. The van der Waals surface area contributed by atoms with E-state index in [0.717, 1.165) is 0 Å². The second-order valence-electron chi connectivity index (χ2n) is 3.36. The summed E-state index contributed by atoms with van der Waals surface area (Å²) in [6, 6.07) is 0. The molecule has 0 spiro atoms. The van der Waals surface area contributed by atoms with Gasteiger partial charge in [-0.3, -0.25) is 4.79 Å². The lowest BCUT2D eigenvalue weighted by molar-refractivity contribution is 0.00329. The number of hydrogen-bond acceptors (Lipinski definition) is 5. The Bertz CT molecular complexity index is 379. The summed E-state index contributed by atoms with van der Waals surface area (Å²) >= 11 is 0. The average molecular weight is 211 g/mol. The quantitative estimate of drug-likeness (QED) is 0.653. The van der Waals surface area contributed by atoms with Crippen LogP contribution in [0.5, 0.6) is 0 Å². The Hall–Kier alpha value is -1.40. The fourth-order valence-corrected chi connectivity index (χ4v) is 1.59. The number of aromatic nitrogens is 2. The van der Waals surface area contributed by atoms with Crippen LogP contribution >= 0.6 is 0 Å². The molecule has 0 radical (unpaired) electrons. The summed E-state index contributed by atoms with van der Waals surface area (Å²) in [5.74, 6) is 0.388. The molecular weight excluding hydrogens is 198 g/mol. The third-order valence-corrected chi connectivity index (χ3v) is 2.33. The van der Waals surface area contributed by atoms with Crippen molar-refractivity contribution in [2.45, 2.75) is 6.10 Å². The molecule has 1 atom stereocenters. The van der Waals surface area contributed by atoms with Gasteiger partial charge < -0.3 is 19.7 Å². The topological polar surface area (TPSA) is 78.5 Å². The number of nitrogens with zero attached hydrogens (tertiary/aromatic N) is 2. The summed E-state index contributed by atoms with van der Waals surface area (Å²) in [6.45, 7) is 1.58. The molecule has 1 saturated heterocycles. The smallest absolute Gasteiger partial charge is 0.290 e. The van der Waals surface area contributed by atoms with E-state index < -0.39 is 0 Å². The summed E-state index contributed by atoms with van der Waals surface area (Å²) in [4.78, 5) is 19.9. The SMILES string of the molecule is O=c1[nH]ccnc1N1CCOC(CO)C1. The molecule has 6 heteroatoms. The van der Waals surface area contributed by atoms with Gasteiger partial charge in [0.05, 0.1) is 19.3 Å². The zero-order chi connectivity index (χ0) is 10.7. The van der Waals surface area contributed by atoms with Crippen molar-refractivity contribution in [2.75, 3.05) is 31.2 Å². The molecule has 0 aliphatic carbocycles. The first-order valence-corrected chi connectivity index (χ1v) is 4.82. The second kappa shape index (κ2) is 4.41. The Morgan fingerprint density at radius 2 is 2.60 bits per heavy atom. The lowest BCUT2D eigenvalue weighted by atomic mass is 10.3. The molecule has 1 aromatic rings. The van der Waals surface area contributed by atoms with E-state index in [2.05, 4.69) is 9.97 Å². The van der Waals surface area contributed by atoms with Crippen molar-refractivity contribution in [3.8, 4) is 0 Å². The number of aliphatic hydroxyl groups excluding tert-OH is 1. The van der Waals surface area contributed by atoms with Gasteiger partial charge in [0.2, 0.25) is 0 Å². The summed E-state index contributed by atoms with van der Waals surface area (Å²) in [5, 5.41) is 8.97. The van der Waals surface area contributed by atoms with Gasteiger partial charge in [-0.15, -0.1) is 0 Å². The van der Waals surface area contributed by atoms with Crippen molar-refractivity contribution in [1.82, 2.24) is 9.97 Å². The third kappa shape index (κ3) is 2.16. The lowest BCUT2D eigenvalue weighted by Gasteiger charge is -2.32. The molecule has 0 saturated carbocycles. The fourth-order valence-electron chi connectivity index (χ4n) is 1.59. The minimum atomic E-state index is -0.236. The summed E-state index contributed by atoms with van der Waals surface area (Å²) in [6.07, 6.45) is 2.80. The number of H-pyrrole nitrogens is 1. The Morgan fingerprint density at radius 3 is 3.33 bits per heavy atom. The number of hydrogen-bond donors (Lipinski definition) is 2. The Labute approximate surface area is 86.5 Å². The van der Waals surface area contributed by atoms with Crippen LogP contribution in [-0.4, -0.2) is 47.5 Å². The number of nitrogens with one attached hydrogen (secondary N) is 1. The summed E-state index contributed by atoms with van der Waals surface area (Å²) in [5.41, 5.74) is -0.212. The first-order valence-electron chi connectivity index (χ1n) is 4.82. The van der Waals surface area contributed by atoms with Crippen LogP contribution in [0.15, 0.2) is 17.2 Å². The zero-order valence-electron chi connectivity index (χ0n) is 8.22. The Kier molecular flexibility index (Phi) is 2.98. The summed E-state index contributed by atoms with van der Waals surface area (Å²) < 4.78 is 5.29. The van der Waals surface area contributed by atoms with E-state index in [-0.39, 0.29) is 18.3 Å². The average Bonchev–Trinajstić information content (AvgIpc) is 2.30. The molecule has 15 heavy (non-hydrogen) atoms. The maximum Gasteiger partial charge on any atom is 0.290 e. The number of aromatic amines is 1. The van der Waals surface area contributed by atoms with E-state index in [9.17, 15) is 4.79 Å². The molecule has 2 rings (SSSR count). The van der Waals surface area contributed by atoms with Crippen molar-refractivity contribution < 1.29 is 9.84 Å². The van der Waals surface area contributed by atoms with Crippen LogP contribution in [0.25, 0.3) is 0 Å². The highest BCUT2D eigenvalue weighted by molar-refractivity contribution is 5.35. The van der Waals surface area contributed by atoms with Crippen LogP contribution in [0.3, 0.4) is 0 Å². The lowest BCUT2D eigenvalue weighted by Crippen LogP contribution is -2.46. The zero-order valence-corrected chi connectivity index (χ0v) is 8.22. The number of rotatable bonds is 2. The Balaban J connectivity index is 2.17. The number of anilines is 1. The van der Waals surface area contributed by atoms with E-state index in [1.165, 1.54) is 6.20 Å². The third-order valence-electron chi connectivity index (χ3n) is 2.33. The molecule has 2 N–H and O–H groups in total. The van der Waals surface area contributed by atoms with Gasteiger partial charge in [0.15, 0.2) is 5.82 Å². The van der Waals surface area contributed by atoms with Gasteiger partial charge in [0, 0.05) is 25.5 Å². The molecule has 2 heterocycles. The predicted molar refractivity (Wildman–Crippen MR) is 53.9 cm³/mol. The molecule has 82 valence electrons. The van der Waals surface area contributed by atoms with E-state index in [4.69, 9.17) is 9.84 Å². The number of morpholine rings is 1. The van der Waals surface area contributed by atoms with E-state index >= 15 is 0 Å². The molecule has 1 fully saturated rings. The van der Waals surface area contributed by atoms with Crippen LogP contribution in [0, 0.1) is 0 Å². The van der Waals surface area contributed by atoms with Gasteiger partial charge in [-0.05, 0) is 0 Å². The van der Waals surface area contributed by atoms with Crippen molar-refractivity contribution in [3.63, 3.8) is 0 Å². The molecular formula is C9H13N3O3. The predicted octanol–water partition coefficient (Wildman–Crippen LogP) is -1.03. The highest BCUT2D eigenvalue weighted by Crippen LogP contribution is 2.09. The van der Waals surface area contributed by atoms with E-state index in [1.807, 2.05) is 4.90 Å². The standard InChI is InChI=1S/C9H13N3O3/c13-6-7-5-12(3-4-15-7)8-9(14)11-2-1-10-8/h1-2,7,13H,3-6H2,(H,11,14). The molecule has 0 bridgehead atoms. The molecule has 0 aromatic carbocycles. The highest BCUT2D eigenvalue weighted by atomic mass is 16.5. The van der Waals surface area contributed by atoms with Crippen LogP contribution < -0.4 is 10.5 Å². The van der Waals surface area contributed by atoms with Crippen LogP contribution in [0.1, 0.15) is 0 Å². The summed E-state index contributed by atoms with van der Waals surface area (Å²) in [7, 11) is 0. The molecule has 1 aromatic heterocycles. The highest BCUT2D eigenvalue weighted by Gasteiger charge is 2.22. The maximum atomic E-state index is 11.5. The van der Waals surface area contributed by atoms with Crippen LogP contribution in [-0.2, 0) is 4.74 Å². The van der Waals surface area contributed by atoms with E-state index in [1.54, 1.807) is 6.20 Å². The van der Waals surface area contributed by atoms with Gasteiger partial charge in [-0.1, -0.05) is 0 Å². The van der Waals surface area contributed by atoms with Gasteiger partial charge >= 0.3 is 0 Å². The first-order chi connectivity index (χ1) is 7.31. The van der Waals surface area contributed by atoms with Gasteiger partial charge in [0.1, 0.15) is 0 Å². The normalized spacial score (nSPS) is 21.7. The van der Waals surface area contributed by atoms with Crippen LogP contribution in [0.4, 0.5) is 5.82 Å². The largest absolute Gasteiger partial charge is 0.394 e.